The van der Waals surface area contributed by atoms with Crippen LogP contribution in [0.25, 0.3) is 10.6 Å². The van der Waals surface area contributed by atoms with Crippen molar-refractivity contribution >= 4 is 51.2 Å². The molecule has 1 N–H and O–H groups in total. The van der Waals surface area contributed by atoms with E-state index in [0.29, 0.717) is 20.6 Å². The van der Waals surface area contributed by atoms with Crippen molar-refractivity contribution in [1.29, 1.82) is 0 Å². The van der Waals surface area contributed by atoms with Crippen LogP contribution in [-0.4, -0.2) is 24.0 Å². The van der Waals surface area contributed by atoms with Crippen LogP contribution in [0.2, 0.25) is 5.02 Å². The van der Waals surface area contributed by atoms with E-state index in [1.807, 2.05) is 23.6 Å². The highest BCUT2D eigenvalue weighted by Crippen LogP contribution is 2.27. The predicted octanol–water partition coefficient (Wildman–Crippen LogP) is 4.49. The van der Waals surface area contributed by atoms with Gasteiger partial charge in [0.1, 0.15) is 9.88 Å². The first-order valence-electron chi connectivity index (χ1n) is 7.23. The Labute approximate surface area is 157 Å². The molecule has 0 radical (unpaired) electrons. The molecular formula is C17H13ClN2O3S2. The maximum Gasteiger partial charge on any atom is 0.348 e. The molecule has 5 nitrogen and oxygen atoms in total. The fraction of sp³-hybridized carbons (Fsp3) is 0.118. The molecule has 1 amide bonds. The van der Waals surface area contributed by atoms with Crippen LogP contribution in [0.3, 0.4) is 0 Å². The molecule has 0 aliphatic carbocycles. The minimum atomic E-state index is -0.420. The Morgan fingerprint density at radius 3 is 2.88 bits per heavy atom. The molecule has 0 saturated carbocycles. The number of amides is 1. The molecule has 3 aromatic rings. The summed E-state index contributed by atoms with van der Waals surface area (Å²) in [6, 6.07) is 10.7. The number of thiophene rings is 1. The number of benzene rings is 1. The third kappa shape index (κ3) is 4.45. The quantitative estimate of drug-likeness (QED) is 0.649. The number of anilines is 1. The highest BCUT2D eigenvalue weighted by atomic mass is 35.5. The van der Waals surface area contributed by atoms with Gasteiger partial charge in [0.2, 0.25) is 5.91 Å². The fourth-order valence-electron chi connectivity index (χ4n) is 2.10. The number of ether oxygens (including phenoxy) is 1. The molecule has 2 aromatic heterocycles. The maximum atomic E-state index is 12.2. The first kappa shape index (κ1) is 17.6. The van der Waals surface area contributed by atoms with E-state index in [-0.39, 0.29) is 12.3 Å². The molecule has 0 unspecified atom stereocenters. The smallest absolute Gasteiger partial charge is 0.348 e. The van der Waals surface area contributed by atoms with Crippen molar-refractivity contribution in [2.24, 2.45) is 0 Å². The van der Waals surface area contributed by atoms with Crippen molar-refractivity contribution < 1.29 is 14.3 Å². The topological polar surface area (TPSA) is 68.3 Å². The van der Waals surface area contributed by atoms with Crippen LogP contribution < -0.4 is 5.32 Å². The minimum absolute atomic E-state index is 0.155. The largest absolute Gasteiger partial charge is 0.465 e. The van der Waals surface area contributed by atoms with E-state index in [0.717, 1.165) is 10.6 Å². The summed E-state index contributed by atoms with van der Waals surface area (Å²) < 4.78 is 4.64. The number of esters is 1. The molecule has 0 spiro atoms. The Morgan fingerprint density at radius 1 is 1.28 bits per heavy atom. The van der Waals surface area contributed by atoms with Gasteiger partial charge in [-0.15, -0.1) is 22.7 Å². The summed E-state index contributed by atoms with van der Waals surface area (Å²) in [6.45, 7) is 0. The first-order valence-corrected chi connectivity index (χ1v) is 9.31. The molecule has 0 fully saturated rings. The van der Waals surface area contributed by atoms with Crippen LogP contribution in [0, 0.1) is 0 Å². The molecule has 1 aromatic carbocycles. The van der Waals surface area contributed by atoms with Crippen molar-refractivity contribution in [2.45, 2.75) is 6.42 Å². The van der Waals surface area contributed by atoms with E-state index in [1.165, 1.54) is 29.8 Å². The van der Waals surface area contributed by atoms with Crippen LogP contribution in [0.4, 0.5) is 5.00 Å². The van der Waals surface area contributed by atoms with Crippen LogP contribution in [0.15, 0.2) is 41.8 Å². The average Bonchev–Trinajstić information content (AvgIpc) is 3.24. The molecule has 3 rings (SSSR count). The highest BCUT2D eigenvalue weighted by molar-refractivity contribution is 7.18. The number of nitrogens with one attached hydrogen (secondary N) is 1. The van der Waals surface area contributed by atoms with Crippen LogP contribution in [-0.2, 0) is 16.0 Å². The first-order chi connectivity index (χ1) is 12.0. The number of carbonyl (C=O) groups is 2. The summed E-state index contributed by atoms with van der Waals surface area (Å²) in [6.07, 6.45) is 0.155. The van der Waals surface area contributed by atoms with Gasteiger partial charge in [0.25, 0.3) is 0 Å². The molecule has 0 aliphatic rings. The van der Waals surface area contributed by atoms with Gasteiger partial charge in [-0.1, -0.05) is 23.7 Å². The Balaban J connectivity index is 1.64. The normalized spacial score (nSPS) is 10.5. The zero-order valence-corrected chi connectivity index (χ0v) is 15.5. The summed E-state index contributed by atoms with van der Waals surface area (Å²) in [5.74, 6) is -0.614. The monoisotopic (exact) mass is 392 g/mol. The molecule has 25 heavy (non-hydrogen) atoms. The zero-order chi connectivity index (χ0) is 17.8. The molecule has 8 heteroatoms. The lowest BCUT2D eigenvalue weighted by Crippen LogP contribution is -2.13. The van der Waals surface area contributed by atoms with Gasteiger partial charge in [0.05, 0.1) is 24.2 Å². The Morgan fingerprint density at radius 2 is 2.12 bits per heavy atom. The number of aromatic nitrogens is 1. The molecule has 128 valence electrons. The molecule has 0 bridgehead atoms. The van der Waals surface area contributed by atoms with Crippen molar-refractivity contribution in [3.05, 3.63) is 57.4 Å². The number of rotatable bonds is 5. The summed E-state index contributed by atoms with van der Waals surface area (Å²) in [7, 11) is 1.32. The molecule has 0 saturated heterocycles. The van der Waals surface area contributed by atoms with Gasteiger partial charge in [-0.05, 0) is 24.3 Å². The second-order valence-corrected chi connectivity index (χ2v) is 7.41. The van der Waals surface area contributed by atoms with Gasteiger partial charge >= 0.3 is 5.97 Å². The van der Waals surface area contributed by atoms with Crippen molar-refractivity contribution in [1.82, 2.24) is 4.98 Å². The molecule has 0 aliphatic heterocycles. The zero-order valence-electron chi connectivity index (χ0n) is 13.1. The Kier molecular flexibility index (Phi) is 5.47. The minimum Gasteiger partial charge on any atom is -0.465 e. The van der Waals surface area contributed by atoms with E-state index in [2.05, 4.69) is 15.0 Å². The van der Waals surface area contributed by atoms with Crippen LogP contribution >= 0.6 is 34.3 Å². The van der Waals surface area contributed by atoms with Crippen molar-refractivity contribution in [2.75, 3.05) is 12.4 Å². The molecule has 2 heterocycles. The standard InChI is InChI=1S/C17H13ClN2O3S2/c1-23-17(22)13-5-6-15(25-13)20-14(21)8-12-9-24-16(19-12)10-3-2-4-11(18)7-10/h2-7,9H,8H2,1H3,(H,20,21). The lowest BCUT2D eigenvalue weighted by atomic mass is 10.2. The van der Waals surface area contributed by atoms with Gasteiger partial charge in [-0.25, -0.2) is 9.78 Å². The third-order valence-electron chi connectivity index (χ3n) is 3.22. The number of hydrogen-bond acceptors (Lipinski definition) is 6. The fourth-order valence-corrected chi connectivity index (χ4v) is 3.95. The summed E-state index contributed by atoms with van der Waals surface area (Å²) >= 11 is 8.62. The van der Waals surface area contributed by atoms with Crippen LogP contribution in [0.1, 0.15) is 15.4 Å². The van der Waals surface area contributed by atoms with Crippen molar-refractivity contribution in [3.63, 3.8) is 0 Å². The number of hydrogen-bond donors (Lipinski definition) is 1. The van der Waals surface area contributed by atoms with Gasteiger partial charge < -0.3 is 10.1 Å². The summed E-state index contributed by atoms with van der Waals surface area (Å²) in [5, 5.41) is 6.67. The van der Waals surface area contributed by atoms with Gasteiger partial charge in [-0.2, -0.15) is 0 Å². The van der Waals surface area contributed by atoms with Crippen molar-refractivity contribution in [3.8, 4) is 10.6 Å². The lowest BCUT2D eigenvalue weighted by molar-refractivity contribution is -0.115. The van der Waals surface area contributed by atoms with Gasteiger partial charge in [-0.3, -0.25) is 4.79 Å². The maximum absolute atomic E-state index is 12.2. The Hall–Kier alpha value is -2.22. The number of nitrogens with zero attached hydrogens (tertiary/aromatic N) is 1. The van der Waals surface area contributed by atoms with Gasteiger partial charge in [0, 0.05) is 16.0 Å². The van der Waals surface area contributed by atoms with Crippen LogP contribution in [0.5, 0.6) is 0 Å². The summed E-state index contributed by atoms with van der Waals surface area (Å²) in [5.41, 5.74) is 1.60. The van der Waals surface area contributed by atoms with E-state index < -0.39 is 5.97 Å². The Bertz CT molecular complexity index is 920. The number of thiazole rings is 1. The average molecular weight is 393 g/mol. The number of carbonyl (C=O) groups excluding carboxylic acids is 2. The predicted molar refractivity (Wildman–Crippen MR) is 101 cm³/mol. The summed E-state index contributed by atoms with van der Waals surface area (Å²) in [4.78, 5) is 28.5. The highest BCUT2D eigenvalue weighted by Gasteiger charge is 2.13. The number of halogens is 1. The molecule has 0 atom stereocenters. The second-order valence-electron chi connectivity index (χ2n) is 5.03. The van der Waals surface area contributed by atoms with E-state index >= 15 is 0 Å². The third-order valence-corrected chi connectivity index (χ3v) is 5.38. The molecular weight excluding hydrogens is 380 g/mol. The second kappa shape index (κ2) is 7.77. The van der Waals surface area contributed by atoms with Gasteiger partial charge in [0.15, 0.2) is 0 Å². The SMILES string of the molecule is COC(=O)c1ccc(NC(=O)Cc2csc(-c3cccc(Cl)c3)n2)s1. The van der Waals surface area contributed by atoms with E-state index in [1.54, 1.807) is 18.2 Å². The lowest BCUT2D eigenvalue weighted by Gasteiger charge is -2.00. The van der Waals surface area contributed by atoms with E-state index in [4.69, 9.17) is 11.6 Å². The number of methoxy groups -OCH3 is 1. The van der Waals surface area contributed by atoms with E-state index in [9.17, 15) is 9.59 Å².